The smallest absolute Gasteiger partial charge is 0.244 e. The van der Waals surface area contributed by atoms with Crippen LogP contribution in [-0.4, -0.2) is 16.7 Å². The fourth-order valence-electron chi connectivity index (χ4n) is 2.49. The molecular formula is C14H16ClN3O. The zero-order valence-electron chi connectivity index (χ0n) is 10.8. The Balaban J connectivity index is 1.89. The molecule has 5 heteroatoms. The van der Waals surface area contributed by atoms with Gasteiger partial charge in [0.1, 0.15) is 0 Å². The number of halogens is 1. The van der Waals surface area contributed by atoms with Crippen LogP contribution in [0.3, 0.4) is 0 Å². The number of nitrogens with zero attached hydrogens (tertiary/aromatic N) is 2. The van der Waals surface area contributed by atoms with Gasteiger partial charge in [-0.15, -0.1) is 0 Å². The van der Waals surface area contributed by atoms with E-state index < -0.39 is 0 Å². The van der Waals surface area contributed by atoms with E-state index in [0.29, 0.717) is 22.7 Å². The minimum Gasteiger partial charge on any atom is -0.337 e. The molecule has 19 heavy (non-hydrogen) atoms. The Hall–Kier alpha value is -1.39. The predicted molar refractivity (Wildman–Crippen MR) is 73.9 cm³/mol. The minimum absolute atomic E-state index is 0.150. The third-order valence-electron chi connectivity index (χ3n) is 3.59. The van der Waals surface area contributed by atoms with Gasteiger partial charge < -0.3 is 9.84 Å². The van der Waals surface area contributed by atoms with Gasteiger partial charge in [0.15, 0.2) is 0 Å². The quantitative estimate of drug-likeness (QED) is 0.913. The highest BCUT2D eigenvalue weighted by atomic mass is 35.5. The molecule has 1 saturated heterocycles. The number of aromatic nitrogens is 2. The predicted octanol–water partition coefficient (Wildman–Crippen LogP) is 3.45. The van der Waals surface area contributed by atoms with Crippen LogP contribution in [-0.2, 0) is 0 Å². The number of benzene rings is 1. The van der Waals surface area contributed by atoms with Crippen molar-refractivity contribution < 1.29 is 4.52 Å². The van der Waals surface area contributed by atoms with Crippen molar-refractivity contribution in [1.29, 1.82) is 0 Å². The highest BCUT2D eigenvalue weighted by Crippen LogP contribution is 2.30. The maximum atomic E-state index is 6.15. The summed E-state index contributed by atoms with van der Waals surface area (Å²) in [4.78, 5) is 4.49. The first-order valence-corrected chi connectivity index (χ1v) is 6.95. The third-order valence-corrected chi connectivity index (χ3v) is 3.92. The van der Waals surface area contributed by atoms with Crippen molar-refractivity contribution in [2.24, 2.45) is 5.92 Å². The second-order valence-corrected chi connectivity index (χ2v) is 5.39. The maximum Gasteiger partial charge on any atom is 0.244 e. The molecule has 2 aromatic rings. The van der Waals surface area contributed by atoms with Crippen LogP contribution in [0.4, 0.5) is 0 Å². The zero-order chi connectivity index (χ0) is 13.2. The van der Waals surface area contributed by atoms with Gasteiger partial charge in [-0.2, -0.15) is 4.98 Å². The first kappa shape index (κ1) is 12.6. The van der Waals surface area contributed by atoms with Gasteiger partial charge in [-0.25, -0.2) is 0 Å². The molecule has 100 valence electrons. The molecule has 2 atom stereocenters. The molecule has 1 aromatic heterocycles. The number of piperidine rings is 1. The first-order valence-electron chi connectivity index (χ1n) is 6.57. The lowest BCUT2D eigenvalue weighted by molar-refractivity contribution is 0.239. The molecule has 1 aromatic carbocycles. The van der Waals surface area contributed by atoms with Gasteiger partial charge in [0.2, 0.25) is 11.7 Å². The van der Waals surface area contributed by atoms with E-state index in [1.165, 1.54) is 12.8 Å². The van der Waals surface area contributed by atoms with Crippen LogP contribution < -0.4 is 5.32 Å². The van der Waals surface area contributed by atoms with E-state index in [2.05, 4.69) is 22.4 Å². The highest BCUT2D eigenvalue weighted by Gasteiger charge is 2.27. The van der Waals surface area contributed by atoms with Crippen LogP contribution in [0, 0.1) is 5.92 Å². The average Bonchev–Trinajstić information content (AvgIpc) is 2.89. The molecule has 1 fully saturated rings. The van der Waals surface area contributed by atoms with Crippen LogP contribution in [0.1, 0.15) is 31.7 Å². The van der Waals surface area contributed by atoms with Gasteiger partial charge in [-0.05, 0) is 37.4 Å². The fourth-order valence-corrected chi connectivity index (χ4v) is 2.71. The zero-order valence-corrected chi connectivity index (χ0v) is 11.5. The van der Waals surface area contributed by atoms with Gasteiger partial charge in [0.25, 0.3) is 0 Å². The van der Waals surface area contributed by atoms with Gasteiger partial charge in [0, 0.05) is 5.56 Å². The monoisotopic (exact) mass is 277 g/mol. The number of nitrogens with one attached hydrogen (secondary N) is 1. The van der Waals surface area contributed by atoms with Crippen LogP contribution in [0.2, 0.25) is 5.02 Å². The summed E-state index contributed by atoms with van der Waals surface area (Å²) in [5.41, 5.74) is 0.808. The van der Waals surface area contributed by atoms with E-state index in [9.17, 15) is 0 Å². The molecule has 0 bridgehead atoms. The molecule has 0 saturated carbocycles. The molecule has 0 amide bonds. The van der Waals surface area contributed by atoms with Crippen LogP contribution >= 0.6 is 11.6 Å². The lowest BCUT2D eigenvalue weighted by Gasteiger charge is -2.26. The van der Waals surface area contributed by atoms with Gasteiger partial charge in [0.05, 0.1) is 11.1 Å². The molecule has 3 rings (SSSR count). The Morgan fingerprint density at radius 1 is 1.37 bits per heavy atom. The number of rotatable bonds is 2. The molecule has 2 heterocycles. The van der Waals surface area contributed by atoms with Crippen molar-refractivity contribution in [3.05, 3.63) is 35.2 Å². The second-order valence-electron chi connectivity index (χ2n) is 4.99. The van der Waals surface area contributed by atoms with Crippen molar-refractivity contribution in [1.82, 2.24) is 15.5 Å². The van der Waals surface area contributed by atoms with E-state index in [1.54, 1.807) is 0 Å². The summed E-state index contributed by atoms with van der Waals surface area (Å²) in [5, 5.41) is 8.12. The van der Waals surface area contributed by atoms with E-state index in [1.807, 2.05) is 24.3 Å². The lowest BCUT2D eigenvalue weighted by atomic mass is 9.93. The van der Waals surface area contributed by atoms with E-state index in [4.69, 9.17) is 16.1 Å². The van der Waals surface area contributed by atoms with Gasteiger partial charge in [-0.3, -0.25) is 0 Å². The molecule has 0 spiro atoms. The summed E-state index contributed by atoms with van der Waals surface area (Å²) < 4.78 is 5.40. The minimum atomic E-state index is 0.150. The molecule has 4 nitrogen and oxygen atoms in total. The summed E-state index contributed by atoms with van der Waals surface area (Å²) in [5.74, 6) is 1.72. The Bertz CT molecular complexity index is 569. The Morgan fingerprint density at radius 3 is 3.00 bits per heavy atom. The topological polar surface area (TPSA) is 51.0 Å². The number of hydrogen-bond acceptors (Lipinski definition) is 4. The van der Waals surface area contributed by atoms with Crippen LogP contribution in [0.5, 0.6) is 0 Å². The van der Waals surface area contributed by atoms with Gasteiger partial charge >= 0.3 is 0 Å². The van der Waals surface area contributed by atoms with E-state index in [-0.39, 0.29) is 6.04 Å². The fraction of sp³-hybridized carbons (Fsp3) is 0.429. The first-order chi connectivity index (χ1) is 9.25. The summed E-state index contributed by atoms with van der Waals surface area (Å²) in [6.07, 6.45) is 2.38. The van der Waals surface area contributed by atoms with Crippen molar-refractivity contribution in [3.8, 4) is 11.4 Å². The maximum absolute atomic E-state index is 6.15. The molecule has 0 aliphatic carbocycles. The van der Waals surface area contributed by atoms with E-state index in [0.717, 1.165) is 12.1 Å². The second kappa shape index (κ2) is 5.31. The number of hydrogen-bond donors (Lipinski definition) is 1. The van der Waals surface area contributed by atoms with Crippen LogP contribution in [0.25, 0.3) is 11.4 Å². The normalized spacial score (nSPS) is 23.5. The molecule has 2 unspecified atom stereocenters. The van der Waals surface area contributed by atoms with E-state index >= 15 is 0 Å². The SMILES string of the molecule is CC1CCCNC1c1nc(-c2ccccc2Cl)no1. The van der Waals surface area contributed by atoms with Crippen molar-refractivity contribution in [3.63, 3.8) is 0 Å². The Labute approximate surface area is 117 Å². The molecular weight excluding hydrogens is 262 g/mol. The molecule has 0 radical (unpaired) electrons. The van der Waals surface area contributed by atoms with Crippen molar-refractivity contribution in [2.45, 2.75) is 25.8 Å². The van der Waals surface area contributed by atoms with Gasteiger partial charge in [-0.1, -0.05) is 35.8 Å². The third kappa shape index (κ3) is 2.51. The summed E-state index contributed by atoms with van der Waals surface area (Å²) in [7, 11) is 0. The highest BCUT2D eigenvalue weighted by molar-refractivity contribution is 6.33. The molecule has 1 N–H and O–H groups in total. The summed E-state index contributed by atoms with van der Waals surface area (Å²) >= 11 is 6.15. The van der Waals surface area contributed by atoms with Crippen LogP contribution in [0.15, 0.2) is 28.8 Å². The van der Waals surface area contributed by atoms with Crippen molar-refractivity contribution in [2.75, 3.05) is 6.54 Å². The lowest BCUT2D eigenvalue weighted by Crippen LogP contribution is -2.33. The Kier molecular flexibility index (Phi) is 3.53. The summed E-state index contributed by atoms with van der Waals surface area (Å²) in [6.45, 7) is 3.20. The molecule has 1 aliphatic heterocycles. The largest absolute Gasteiger partial charge is 0.337 e. The standard InChI is InChI=1S/C14H16ClN3O/c1-9-5-4-8-16-12(9)14-17-13(18-19-14)10-6-2-3-7-11(10)15/h2-3,6-7,9,12,16H,4-5,8H2,1H3. The van der Waals surface area contributed by atoms with Crippen molar-refractivity contribution >= 4 is 11.6 Å². The average molecular weight is 278 g/mol. The Morgan fingerprint density at radius 2 is 2.21 bits per heavy atom. The summed E-state index contributed by atoms with van der Waals surface area (Å²) in [6, 6.07) is 7.68. The molecule has 1 aliphatic rings.